The van der Waals surface area contributed by atoms with E-state index in [1.807, 2.05) is 20.8 Å². The maximum atomic E-state index is 11.6. The molecule has 0 fully saturated rings. The largest absolute Gasteiger partial charge is 0.349 e. The topological polar surface area (TPSA) is 29.1 Å². The van der Waals surface area contributed by atoms with Gasteiger partial charge in [-0.1, -0.05) is 32.0 Å². The lowest BCUT2D eigenvalue weighted by Crippen LogP contribution is -2.30. The highest BCUT2D eigenvalue weighted by Crippen LogP contribution is 2.17. The van der Waals surface area contributed by atoms with Crippen molar-refractivity contribution < 1.29 is 4.79 Å². The van der Waals surface area contributed by atoms with E-state index in [0.717, 1.165) is 5.56 Å². The first-order valence-corrected chi connectivity index (χ1v) is 5.79. The van der Waals surface area contributed by atoms with Crippen LogP contribution >= 0.6 is 0 Å². The van der Waals surface area contributed by atoms with Gasteiger partial charge in [-0.2, -0.15) is 0 Å². The van der Waals surface area contributed by atoms with E-state index in [1.54, 1.807) is 0 Å². The van der Waals surface area contributed by atoms with Crippen molar-refractivity contribution in [2.24, 2.45) is 5.92 Å². The van der Waals surface area contributed by atoms with Crippen LogP contribution in [0.5, 0.6) is 0 Å². The van der Waals surface area contributed by atoms with E-state index in [4.69, 9.17) is 0 Å². The highest BCUT2D eigenvalue weighted by atomic mass is 16.1. The molecule has 0 saturated heterocycles. The Kier molecular flexibility index (Phi) is 4.11. The van der Waals surface area contributed by atoms with E-state index in [0.29, 0.717) is 0 Å². The summed E-state index contributed by atoms with van der Waals surface area (Å²) >= 11 is 0. The third-order valence-electron chi connectivity index (χ3n) is 2.91. The maximum absolute atomic E-state index is 11.6. The quantitative estimate of drug-likeness (QED) is 0.831. The molecular weight excluding hydrogens is 198 g/mol. The molecule has 1 N–H and O–H groups in total. The summed E-state index contributed by atoms with van der Waals surface area (Å²) in [6.45, 7) is 10.0. The van der Waals surface area contributed by atoms with Gasteiger partial charge in [-0.15, -0.1) is 0 Å². The van der Waals surface area contributed by atoms with Crippen LogP contribution in [0.1, 0.15) is 43.5 Å². The van der Waals surface area contributed by atoms with Gasteiger partial charge in [-0.25, -0.2) is 0 Å². The Bertz CT molecular complexity index is 382. The van der Waals surface area contributed by atoms with Gasteiger partial charge < -0.3 is 5.32 Å². The van der Waals surface area contributed by atoms with Crippen molar-refractivity contribution in [1.82, 2.24) is 5.32 Å². The average molecular weight is 219 g/mol. The fraction of sp³-hybridized carbons (Fsp3) is 0.500. The molecule has 0 bridgehead atoms. The first-order valence-electron chi connectivity index (χ1n) is 5.79. The Balaban J connectivity index is 2.77. The number of hydrogen-bond acceptors (Lipinski definition) is 1. The zero-order valence-corrected chi connectivity index (χ0v) is 10.8. The van der Waals surface area contributed by atoms with Gasteiger partial charge in [0.1, 0.15) is 0 Å². The van der Waals surface area contributed by atoms with E-state index < -0.39 is 0 Å². The zero-order valence-electron chi connectivity index (χ0n) is 10.8. The lowest BCUT2D eigenvalue weighted by molar-refractivity contribution is -0.124. The average Bonchev–Trinajstić information content (AvgIpc) is 2.21. The Morgan fingerprint density at radius 1 is 1.12 bits per heavy atom. The van der Waals surface area contributed by atoms with Gasteiger partial charge in [-0.3, -0.25) is 4.79 Å². The molecule has 0 aliphatic carbocycles. The maximum Gasteiger partial charge on any atom is 0.223 e. The molecule has 88 valence electrons. The van der Waals surface area contributed by atoms with E-state index in [-0.39, 0.29) is 17.9 Å². The number of hydrogen-bond donors (Lipinski definition) is 1. The van der Waals surface area contributed by atoms with Crippen molar-refractivity contribution in [2.45, 2.75) is 40.7 Å². The Morgan fingerprint density at radius 3 is 2.25 bits per heavy atom. The summed E-state index contributed by atoms with van der Waals surface area (Å²) in [4.78, 5) is 11.6. The third kappa shape index (κ3) is 3.09. The molecule has 0 saturated carbocycles. The second-order valence-corrected chi connectivity index (χ2v) is 4.73. The minimum Gasteiger partial charge on any atom is -0.349 e. The van der Waals surface area contributed by atoms with Gasteiger partial charge in [0.15, 0.2) is 0 Å². The fourth-order valence-electron chi connectivity index (χ4n) is 1.50. The van der Waals surface area contributed by atoms with Crippen molar-refractivity contribution in [3.8, 4) is 0 Å². The molecule has 0 unspecified atom stereocenters. The molecule has 0 spiro atoms. The summed E-state index contributed by atoms with van der Waals surface area (Å²) < 4.78 is 0. The highest BCUT2D eigenvalue weighted by Gasteiger charge is 2.12. The van der Waals surface area contributed by atoms with Crippen molar-refractivity contribution in [2.75, 3.05) is 0 Å². The van der Waals surface area contributed by atoms with Crippen LogP contribution < -0.4 is 5.32 Å². The van der Waals surface area contributed by atoms with E-state index >= 15 is 0 Å². The van der Waals surface area contributed by atoms with Crippen LogP contribution in [0, 0.1) is 19.8 Å². The van der Waals surface area contributed by atoms with Crippen molar-refractivity contribution in [3.05, 3.63) is 34.9 Å². The summed E-state index contributed by atoms with van der Waals surface area (Å²) in [6, 6.07) is 6.39. The van der Waals surface area contributed by atoms with Gasteiger partial charge in [0.2, 0.25) is 5.91 Å². The van der Waals surface area contributed by atoms with E-state index in [1.165, 1.54) is 11.1 Å². The molecule has 2 nitrogen and oxygen atoms in total. The Labute approximate surface area is 98.1 Å². The summed E-state index contributed by atoms with van der Waals surface area (Å²) in [6.07, 6.45) is 0. The molecule has 16 heavy (non-hydrogen) atoms. The molecule has 0 aliphatic rings. The minimum atomic E-state index is 0.0361. The number of amides is 1. The zero-order chi connectivity index (χ0) is 12.3. The number of nitrogens with one attached hydrogen (secondary N) is 1. The molecule has 0 aliphatic heterocycles. The lowest BCUT2D eigenvalue weighted by Gasteiger charge is -2.17. The first-order chi connectivity index (χ1) is 7.41. The molecule has 1 aromatic carbocycles. The monoisotopic (exact) mass is 219 g/mol. The normalized spacial score (nSPS) is 12.6. The molecule has 0 heterocycles. The van der Waals surface area contributed by atoms with Crippen molar-refractivity contribution >= 4 is 5.91 Å². The van der Waals surface area contributed by atoms with E-state index in [2.05, 4.69) is 37.4 Å². The number of carbonyl (C=O) groups excluding carboxylic acids is 1. The molecule has 0 aromatic heterocycles. The van der Waals surface area contributed by atoms with Gasteiger partial charge >= 0.3 is 0 Å². The molecule has 2 heteroatoms. The second-order valence-electron chi connectivity index (χ2n) is 4.73. The van der Waals surface area contributed by atoms with Gasteiger partial charge in [0.05, 0.1) is 6.04 Å². The highest BCUT2D eigenvalue weighted by molar-refractivity contribution is 5.78. The lowest BCUT2D eigenvalue weighted by atomic mass is 10.0. The van der Waals surface area contributed by atoms with Crippen LogP contribution in [0.15, 0.2) is 18.2 Å². The predicted octanol–water partition coefficient (Wildman–Crippen LogP) is 3.14. The third-order valence-corrected chi connectivity index (χ3v) is 2.91. The first kappa shape index (κ1) is 12.8. The molecular formula is C14H21NO. The molecule has 1 atom stereocenters. The number of benzene rings is 1. The van der Waals surface area contributed by atoms with Gasteiger partial charge in [0.25, 0.3) is 0 Å². The number of carbonyl (C=O) groups is 1. The van der Waals surface area contributed by atoms with Crippen LogP contribution in [0.4, 0.5) is 0 Å². The molecule has 1 amide bonds. The van der Waals surface area contributed by atoms with Crippen LogP contribution in [0.25, 0.3) is 0 Å². The standard InChI is InChI=1S/C14H21NO/c1-9(2)14(16)15-12(5)13-7-6-10(3)11(4)8-13/h6-9,12H,1-5H3,(H,15,16)/t12-/m0/s1. The van der Waals surface area contributed by atoms with Crippen molar-refractivity contribution in [1.29, 1.82) is 0 Å². The number of aryl methyl sites for hydroxylation is 2. The smallest absolute Gasteiger partial charge is 0.223 e. The molecule has 1 rings (SSSR count). The summed E-state index contributed by atoms with van der Waals surface area (Å²) in [7, 11) is 0. The molecule has 1 aromatic rings. The Morgan fingerprint density at radius 2 is 1.75 bits per heavy atom. The minimum absolute atomic E-state index is 0.0361. The van der Waals surface area contributed by atoms with Crippen molar-refractivity contribution in [3.63, 3.8) is 0 Å². The van der Waals surface area contributed by atoms with Crippen LogP contribution in [0.3, 0.4) is 0 Å². The summed E-state index contributed by atoms with van der Waals surface area (Å²) in [5.41, 5.74) is 3.71. The Hall–Kier alpha value is -1.31. The summed E-state index contributed by atoms with van der Waals surface area (Å²) in [5, 5.41) is 3.00. The van der Waals surface area contributed by atoms with E-state index in [9.17, 15) is 4.79 Å². The predicted molar refractivity (Wildman–Crippen MR) is 67.3 cm³/mol. The van der Waals surface area contributed by atoms with Gasteiger partial charge in [0, 0.05) is 5.92 Å². The second kappa shape index (κ2) is 5.15. The summed E-state index contributed by atoms with van der Waals surface area (Å²) in [5.74, 6) is 0.139. The van der Waals surface area contributed by atoms with Crippen LogP contribution in [0.2, 0.25) is 0 Å². The fourth-order valence-corrected chi connectivity index (χ4v) is 1.50. The number of rotatable bonds is 3. The van der Waals surface area contributed by atoms with Gasteiger partial charge in [-0.05, 0) is 37.5 Å². The molecule has 0 radical (unpaired) electrons. The van der Waals surface area contributed by atoms with Crippen LogP contribution in [-0.4, -0.2) is 5.91 Å². The SMILES string of the molecule is Cc1ccc([C@H](C)NC(=O)C(C)C)cc1C. The van der Waals surface area contributed by atoms with Crippen LogP contribution in [-0.2, 0) is 4.79 Å².